The van der Waals surface area contributed by atoms with Crippen LogP contribution in [-0.4, -0.2) is 36.6 Å². The number of likely N-dealkylation sites (N-methyl/N-ethyl adjacent to an activating group) is 1. The molecule has 4 rings (SSSR count). The summed E-state index contributed by atoms with van der Waals surface area (Å²) in [5.41, 5.74) is 2.88. The van der Waals surface area contributed by atoms with Crippen molar-refractivity contribution in [2.75, 3.05) is 18.5 Å². The number of alkyl halides is 3. The summed E-state index contributed by atoms with van der Waals surface area (Å²) in [4.78, 5) is 25.6. The van der Waals surface area contributed by atoms with Gasteiger partial charge in [-0.05, 0) is 74.0 Å². The number of nitrogens with zero attached hydrogens (tertiary/aromatic N) is 1. The lowest BCUT2D eigenvalue weighted by Crippen LogP contribution is -2.45. The molecule has 1 saturated carbocycles. The lowest BCUT2D eigenvalue weighted by atomic mass is 9.84. The van der Waals surface area contributed by atoms with Crippen molar-refractivity contribution >= 4 is 28.9 Å². The molecule has 0 spiro atoms. The number of carboxylic acid groups (broad SMARTS) is 1. The molecule has 6 nitrogen and oxygen atoms in total. The smallest absolute Gasteiger partial charge is 0.425 e. The van der Waals surface area contributed by atoms with Gasteiger partial charge in [0.1, 0.15) is 17.2 Å². The van der Waals surface area contributed by atoms with E-state index in [2.05, 4.69) is 5.32 Å². The van der Waals surface area contributed by atoms with Gasteiger partial charge in [-0.2, -0.15) is 13.2 Å². The number of halogens is 3. The van der Waals surface area contributed by atoms with E-state index >= 15 is 0 Å². The fourth-order valence-corrected chi connectivity index (χ4v) is 6.34. The van der Waals surface area contributed by atoms with Crippen LogP contribution < -0.4 is 15.0 Å². The lowest BCUT2D eigenvalue weighted by Gasteiger charge is -2.23. The number of rotatable bonds is 8. The number of hydrogen-bond donors (Lipinski definition) is 2. The van der Waals surface area contributed by atoms with Gasteiger partial charge in [0.25, 0.3) is 0 Å². The van der Waals surface area contributed by atoms with Gasteiger partial charge in [-0.3, -0.25) is 9.59 Å². The van der Waals surface area contributed by atoms with Crippen LogP contribution in [0.15, 0.2) is 18.2 Å². The van der Waals surface area contributed by atoms with Crippen LogP contribution in [0, 0.1) is 6.92 Å². The second-order valence-corrected chi connectivity index (χ2v) is 10.6. The Balaban J connectivity index is 1.50. The zero-order chi connectivity index (χ0) is 26.0. The average Bonchev–Trinajstić information content (AvgIpc) is 3.47. The Morgan fingerprint density at radius 2 is 1.97 bits per heavy atom. The molecule has 0 radical (unpaired) electrons. The molecule has 2 aliphatic rings. The Bertz CT molecular complexity index is 1130. The van der Waals surface area contributed by atoms with E-state index in [1.54, 1.807) is 30.1 Å². The van der Waals surface area contributed by atoms with E-state index in [4.69, 9.17) is 9.84 Å². The molecule has 0 saturated heterocycles. The van der Waals surface area contributed by atoms with E-state index in [-0.39, 0.29) is 24.9 Å². The van der Waals surface area contributed by atoms with Crippen LogP contribution in [0.25, 0.3) is 0 Å². The number of benzene rings is 1. The SMILES string of the molecule is CN[C@H](CC(=O)O)C(=O)N1CCc2c1ccc(OCc1cc(C3CCCCC3)c(C(F)(F)F)s1)c2C. The first kappa shape index (κ1) is 26.5. The molecule has 2 heterocycles. The number of hydrogen-bond acceptors (Lipinski definition) is 5. The third-order valence-electron chi connectivity index (χ3n) is 7.18. The van der Waals surface area contributed by atoms with Crippen molar-refractivity contribution < 1.29 is 32.6 Å². The van der Waals surface area contributed by atoms with E-state index in [9.17, 15) is 22.8 Å². The number of fused-ring (bicyclic) bond motifs is 1. The largest absolute Gasteiger partial charge is 0.488 e. The second kappa shape index (κ2) is 10.8. The molecule has 0 unspecified atom stereocenters. The van der Waals surface area contributed by atoms with Gasteiger partial charge in [-0.25, -0.2) is 0 Å². The average molecular weight is 525 g/mol. The number of amides is 1. The van der Waals surface area contributed by atoms with Crippen LogP contribution in [0.4, 0.5) is 18.9 Å². The number of carbonyl (C=O) groups is 2. The number of thiophene rings is 1. The monoisotopic (exact) mass is 524 g/mol. The Hall–Kier alpha value is -2.59. The molecule has 2 N–H and O–H groups in total. The van der Waals surface area contributed by atoms with Crippen LogP contribution in [0.5, 0.6) is 5.75 Å². The number of ether oxygens (including phenoxy) is 1. The molecule has 10 heteroatoms. The molecule has 36 heavy (non-hydrogen) atoms. The molecule has 196 valence electrons. The van der Waals surface area contributed by atoms with Gasteiger partial charge in [-0.1, -0.05) is 19.3 Å². The Kier molecular flexibility index (Phi) is 7.94. The molecule has 1 aromatic heterocycles. The van der Waals surface area contributed by atoms with Gasteiger partial charge in [-0.15, -0.1) is 11.3 Å². The van der Waals surface area contributed by atoms with Gasteiger partial charge in [0.2, 0.25) is 5.91 Å². The van der Waals surface area contributed by atoms with Gasteiger partial charge < -0.3 is 20.1 Å². The lowest BCUT2D eigenvalue weighted by molar-refractivity contribution is -0.139. The molecule has 1 atom stereocenters. The van der Waals surface area contributed by atoms with E-state index < -0.39 is 23.1 Å². The maximum atomic E-state index is 13.7. The van der Waals surface area contributed by atoms with Crippen LogP contribution in [0.3, 0.4) is 0 Å². The molecule has 1 fully saturated rings. The minimum Gasteiger partial charge on any atom is -0.488 e. The number of aliphatic carboxylic acids is 1. The van der Waals surface area contributed by atoms with E-state index in [0.717, 1.165) is 54.6 Å². The molecule has 1 aromatic carbocycles. The highest BCUT2D eigenvalue weighted by Crippen LogP contribution is 2.45. The van der Waals surface area contributed by atoms with Gasteiger partial charge in [0.05, 0.1) is 12.5 Å². The van der Waals surface area contributed by atoms with Crippen molar-refractivity contribution in [3.8, 4) is 5.75 Å². The maximum absolute atomic E-state index is 13.7. The normalized spacial score (nSPS) is 17.2. The summed E-state index contributed by atoms with van der Waals surface area (Å²) in [5, 5.41) is 11.9. The first-order chi connectivity index (χ1) is 17.1. The molecule has 1 amide bonds. The number of nitrogens with one attached hydrogen (secondary N) is 1. The second-order valence-electron chi connectivity index (χ2n) is 9.48. The molecule has 0 bridgehead atoms. The first-order valence-corrected chi connectivity index (χ1v) is 13.1. The van der Waals surface area contributed by atoms with E-state index in [1.807, 2.05) is 6.92 Å². The number of carbonyl (C=O) groups excluding carboxylic acids is 1. The Morgan fingerprint density at radius 1 is 1.25 bits per heavy atom. The zero-order valence-electron chi connectivity index (χ0n) is 20.4. The van der Waals surface area contributed by atoms with Crippen LogP contribution in [0.2, 0.25) is 0 Å². The maximum Gasteiger partial charge on any atom is 0.425 e. The highest BCUT2D eigenvalue weighted by molar-refractivity contribution is 7.12. The van der Waals surface area contributed by atoms with Crippen LogP contribution >= 0.6 is 11.3 Å². The molecular weight excluding hydrogens is 493 g/mol. The van der Waals surface area contributed by atoms with Crippen molar-refractivity contribution in [1.82, 2.24) is 5.32 Å². The predicted molar refractivity (Wildman–Crippen MR) is 132 cm³/mol. The molecule has 2 aromatic rings. The summed E-state index contributed by atoms with van der Waals surface area (Å²) in [6.45, 7) is 2.35. The fourth-order valence-electron chi connectivity index (χ4n) is 5.31. The third-order valence-corrected chi connectivity index (χ3v) is 8.34. The van der Waals surface area contributed by atoms with Crippen molar-refractivity contribution in [3.63, 3.8) is 0 Å². The highest BCUT2D eigenvalue weighted by atomic mass is 32.1. The first-order valence-electron chi connectivity index (χ1n) is 12.3. The highest BCUT2D eigenvalue weighted by Gasteiger charge is 2.38. The topological polar surface area (TPSA) is 78.9 Å². The standard InChI is InChI=1S/C26H31F3N2O4S/c1-15-18-10-11-31(25(34)20(30-2)13-23(32)33)21(18)8-9-22(15)35-14-17-12-19(16-6-4-3-5-7-16)24(36-17)26(27,28)29/h8-9,12,16,20,30H,3-7,10-11,13-14H2,1-2H3,(H,32,33)/t20-/m1/s1. The molecule has 1 aliphatic heterocycles. The summed E-state index contributed by atoms with van der Waals surface area (Å²) >= 11 is 0.768. The quantitative estimate of drug-likeness (QED) is 0.466. The van der Waals surface area contributed by atoms with Crippen molar-refractivity contribution in [3.05, 3.63) is 44.6 Å². The summed E-state index contributed by atoms with van der Waals surface area (Å²) in [6.07, 6.45) is 0.488. The molecular formula is C26H31F3N2O4S. The van der Waals surface area contributed by atoms with Crippen LogP contribution in [0.1, 0.15) is 70.9 Å². The van der Waals surface area contributed by atoms with Gasteiger partial charge >= 0.3 is 12.1 Å². The number of anilines is 1. The Labute approximate surface area is 212 Å². The van der Waals surface area contributed by atoms with Crippen molar-refractivity contribution in [2.45, 2.75) is 76.6 Å². The summed E-state index contributed by atoms with van der Waals surface area (Å²) in [5.74, 6) is -0.843. The van der Waals surface area contributed by atoms with E-state index in [1.165, 1.54) is 0 Å². The van der Waals surface area contributed by atoms with Crippen molar-refractivity contribution in [1.29, 1.82) is 0 Å². The summed E-state index contributed by atoms with van der Waals surface area (Å²) in [7, 11) is 1.55. The minimum absolute atomic E-state index is 0.0448. The van der Waals surface area contributed by atoms with Gasteiger partial charge in [0.15, 0.2) is 0 Å². The van der Waals surface area contributed by atoms with Gasteiger partial charge in [0, 0.05) is 17.1 Å². The van der Waals surface area contributed by atoms with Crippen LogP contribution in [-0.2, 0) is 28.8 Å². The summed E-state index contributed by atoms with van der Waals surface area (Å²) in [6, 6.07) is 4.34. The summed E-state index contributed by atoms with van der Waals surface area (Å²) < 4.78 is 47.2. The molecule has 1 aliphatic carbocycles. The fraction of sp³-hybridized carbons (Fsp3) is 0.538. The minimum atomic E-state index is -4.37. The third kappa shape index (κ3) is 5.54. The van der Waals surface area contributed by atoms with Crippen molar-refractivity contribution in [2.24, 2.45) is 0 Å². The predicted octanol–water partition coefficient (Wildman–Crippen LogP) is 5.65. The zero-order valence-corrected chi connectivity index (χ0v) is 21.2. The van der Waals surface area contributed by atoms with E-state index in [0.29, 0.717) is 34.8 Å². The Morgan fingerprint density at radius 3 is 2.61 bits per heavy atom. The number of carboxylic acids is 1.